The van der Waals surface area contributed by atoms with Gasteiger partial charge in [-0.2, -0.15) is 0 Å². The highest BCUT2D eigenvalue weighted by molar-refractivity contribution is 6.34. The number of hydrogen-bond acceptors (Lipinski definition) is 3. The molecule has 0 aliphatic carbocycles. The van der Waals surface area contributed by atoms with Gasteiger partial charge in [-0.25, -0.2) is 9.97 Å². The maximum Gasteiger partial charge on any atom is 0.142 e. The van der Waals surface area contributed by atoms with Gasteiger partial charge in [0.2, 0.25) is 0 Å². The number of halogens is 2. The average molecular weight is 309 g/mol. The van der Waals surface area contributed by atoms with E-state index in [0.717, 1.165) is 16.9 Å². The Morgan fingerprint density at radius 2 is 1.80 bits per heavy atom. The number of aromatic nitrogens is 2. The molecule has 5 heteroatoms. The van der Waals surface area contributed by atoms with Crippen molar-refractivity contribution in [1.82, 2.24) is 9.97 Å². The van der Waals surface area contributed by atoms with Gasteiger partial charge in [0.05, 0.1) is 5.92 Å². The maximum absolute atomic E-state index is 6.26. The molecule has 20 heavy (non-hydrogen) atoms. The SMILES string of the molecule is CC(C)c1c(Cl)nc(C2COc3ccccc32)nc1Cl. The highest BCUT2D eigenvalue weighted by atomic mass is 35.5. The molecule has 2 heterocycles. The molecule has 0 N–H and O–H groups in total. The number of para-hydroxylation sites is 1. The number of ether oxygens (including phenoxy) is 1. The van der Waals surface area contributed by atoms with E-state index >= 15 is 0 Å². The minimum atomic E-state index is -0.0117. The fourth-order valence-corrected chi connectivity index (χ4v) is 3.28. The number of nitrogens with zero attached hydrogens (tertiary/aromatic N) is 2. The zero-order valence-corrected chi connectivity index (χ0v) is 12.7. The largest absolute Gasteiger partial charge is 0.492 e. The first-order valence-corrected chi connectivity index (χ1v) is 7.28. The Bertz CT molecular complexity index is 635. The van der Waals surface area contributed by atoms with E-state index in [9.17, 15) is 0 Å². The smallest absolute Gasteiger partial charge is 0.142 e. The minimum absolute atomic E-state index is 0.0117. The van der Waals surface area contributed by atoms with Gasteiger partial charge in [-0.15, -0.1) is 0 Å². The topological polar surface area (TPSA) is 35.0 Å². The van der Waals surface area contributed by atoms with Crippen molar-refractivity contribution in [2.45, 2.75) is 25.7 Å². The van der Waals surface area contributed by atoms with Crippen molar-refractivity contribution in [2.24, 2.45) is 0 Å². The molecule has 1 atom stereocenters. The summed E-state index contributed by atoms with van der Waals surface area (Å²) in [5, 5.41) is 0.860. The van der Waals surface area contributed by atoms with Crippen molar-refractivity contribution in [2.75, 3.05) is 6.61 Å². The number of fused-ring (bicyclic) bond motifs is 1. The van der Waals surface area contributed by atoms with Crippen molar-refractivity contribution in [3.05, 3.63) is 51.5 Å². The summed E-state index contributed by atoms with van der Waals surface area (Å²) in [6.45, 7) is 4.56. The van der Waals surface area contributed by atoms with Crippen molar-refractivity contribution in [3.63, 3.8) is 0 Å². The standard InChI is InChI=1S/C15H14Cl2N2O/c1-8(2)12-13(16)18-15(19-14(12)17)10-7-20-11-6-4-3-5-9(10)11/h3-6,8,10H,7H2,1-2H3. The van der Waals surface area contributed by atoms with Crippen LogP contribution >= 0.6 is 23.2 Å². The lowest BCUT2D eigenvalue weighted by Crippen LogP contribution is -2.10. The monoisotopic (exact) mass is 308 g/mol. The van der Waals surface area contributed by atoms with Gasteiger partial charge in [0, 0.05) is 11.1 Å². The molecule has 1 aromatic carbocycles. The summed E-state index contributed by atoms with van der Waals surface area (Å²) in [5.41, 5.74) is 1.88. The zero-order valence-electron chi connectivity index (χ0n) is 11.2. The van der Waals surface area contributed by atoms with Crippen LogP contribution in [-0.4, -0.2) is 16.6 Å². The highest BCUT2D eigenvalue weighted by Crippen LogP contribution is 2.38. The highest BCUT2D eigenvalue weighted by Gasteiger charge is 2.29. The number of benzene rings is 1. The molecule has 0 fully saturated rings. The molecule has 3 nitrogen and oxygen atoms in total. The third kappa shape index (κ3) is 2.25. The summed E-state index contributed by atoms with van der Waals surface area (Å²) in [7, 11) is 0. The predicted octanol–water partition coefficient (Wildman–Crippen LogP) is 4.43. The molecule has 2 aromatic rings. The second kappa shape index (κ2) is 5.23. The van der Waals surface area contributed by atoms with Crippen molar-refractivity contribution in [1.29, 1.82) is 0 Å². The second-order valence-electron chi connectivity index (χ2n) is 5.13. The van der Waals surface area contributed by atoms with Gasteiger partial charge in [0.25, 0.3) is 0 Å². The molecule has 0 amide bonds. The first kappa shape index (κ1) is 13.7. The first-order chi connectivity index (χ1) is 9.58. The lowest BCUT2D eigenvalue weighted by molar-refractivity contribution is 0.339. The summed E-state index contributed by atoms with van der Waals surface area (Å²) in [6.07, 6.45) is 0. The Kier molecular flexibility index (Phi) is 3.57. The molecule has 0 saturated heterocycles. The molecule has 1 aliphatic heterocycles. The Morgan fingerprint density at radius 3 is 2.45 bits per heavy atom. The molecular formula is C15H14Cl2N2O. The Balaban J connectivity index is 2.05. The van der Waals surface area contributed by atoms with E-state index in [0.29, 0.717) is 22.7 Å². The third-order valence-corrected chi connectivity index (χ3v) is 4.04. The van der Waals surface area contributed by atoms with E-state index in [4.69, 9.17) is 27.9 Å². The van der Waals surface area contributed by atoms with E-state index in [1.54, 1.807) is 0 Å². The Labute approximate surface area is 127 Å². The van der Waals surface area contributed by atoms with E-state index in [-0.39, 0.29) is 11.8 Å². The van der Waals surface area contributed by atoms with Crippen LogP contribution in [0.2, 0.25) is 10.3 Å². The summed E-state index contributed by atoms with van der Waals surface area (Å²) in [5.74, 6) is 1.68. The number of hydrogen-bond donors (Lipinski definition) is 0. The zero-order chi connectivity index (χ0) is 14.3. The van der Waals surface area contributed by atoms with Crippen LogP contribution in [0.4, 0.5) is 0 Å². The fraction of sp³-hybridized carbons (Fsp3) is 0.333. The molecular weight excluding hydrogens is 295 g/mol. The molecule has 0 spiro atoms. The number of rotatable bonds is 2. The van der Waals surface area contributed by atoms with Crippen LogP contribution in [0.3, 0.4) is 0 Å². The predicted molar refractivity (Wildman–Crippen MR) is 79.9 cm³/mol. The van der Waals surface area contributed by atoms with E-state index in [2.05, 4.69) is 9.97 Å². The van der Waals surface area contributed by atoms with Crippen molar-refractivity contribution >= 4 is 23.2 Å². The van der Waals surface area contributed by atoms with Crippen LogP contribution in [-0.2, 0) is 0 Å². The quantitative estimate of drug-likeness (QED) is 0.770. The summed E-state index contributed by atoms with van der Waals surface area (Å²) < 4.78 is 5.66. The van der Waals surface area contributed by atoms with Crippen LogP contribution in [0.25, 0.3) is 0 Å². The maximum atomic E-state index is 6.26. The first-order valence-electron chi connectivity index (χ1n) is 6.52. The Hall–Kier alpha value is -1.32. The van der Waals surface area contributed by atoms with E-state index in [1.165, 1.54) is 0 Å². The van der Waals surface area contributed by atoms with Gasteiger partial charge in [-0.05, 0) is 12.0 Å². The molecule has 1 unspecified atom stereocenters. The van der Waals surface area contributed by atoms with Gasteiger partial charge in [0.15, 0.2) is 0 Å². The van der Waals surface area contributed by atoms with E-state index < -0.39 is 0 Å². The lowest BCUT2D eigenvalue weighted by atomic mass is 10.00. The third-order valence-electron chi connectivity index (χ3n) is 3.46. The van der Waals surface area contributed by atoms with Crippen LogP contribution in [0.15, 0.2) is 24.3 Å². The summed E-state index contributed by atoms with van der Waals surface area (Å²) in [4.78, 5) is 8.85. The fourth-order valence-electron chi connectivity index (χ4n) is 2.44. The normalized spacial score (nSPS) is 17.1. The molecule has 0 bridgehead atoms. The van der Waals surface area contributed by atoms with Crippen LogP contribution in [0, 0.1) is 0 Å². The second-order valence-corrected chi connectivity index (χ2v) is 5.85. The minimum Gasteiger partial charge on any atom is -0.492 e. The lowest BCUT2D eigenvalue weighted by Gasteiger charge is -2.13. The molecule has 0 saturated carbocycles. The van der Waals surface area contributed by atoms with Gasteiger partial charge >= 0.3 is 0 Å². The summed E-state index contributed by atoms with van der Waals surface area (Å²) >= 11 is 12.5. The van der Waals surface area contributed by atoms with Crippen LogP contribution < -0.4 is 4.74 Å². The van der Waals surface area contributed by atoms with Gasteiger partial charge in [-0.3, -0.25) is 0 Å². The molecule has 3 rings (SSSR count). The summed E-state index contributed by atoms with van der Waals surface area (Å²) in [6, 6.07) is 7.89. The van der Waals surface area contributed by atoms with Crippen LogP contribution in [0.5, 0.6) is 5.75 Å². The van der Waals surface area contributed by atoms with Gasteiger partial charge in [-0.1, -0.05) is 55.2 Å². The Morgan fingerprint density at radius 1 is 1.15 bits per heavy atom. The van der Waals surface area contributed by atoms with Crippen molar-refractivity contribution in [3.8, 4) is 5.75 Å². The van der Waals surface area contributed by atoms with Crippen molar-refractivity contribution < 1.29 is 4.74 Å². The molecule has 1 aromatic heterocycles. The van der Waals surface area contributed by atoms with Crippen LogP contribution in [0.1, 0.15) is 42.6 Å². The molecule has 1 aliphatic rings. The average Bonchev–Trinajstić information content (AvgIpc) is 2.81. The molecule has 0 radical (unpaired) electrons. The van der Waals surface area contributed by atoms with Gasteiger partial charge < -0.3 is 4.74 Å². The van der Waals surface area contributed by atoms with Gasteiger partial charge in [0.1, 0.15) is 28.5 Å². The molecule has 104 valence electrons. The van der Waals surface area contributed by atoms with E-state index in [1.807, 2.05) is 38.1 Å².